The van der Waals surface area contributed by atoms with Crippen LogP contribution in [0.2, 0.25) is 0 Å². The van der Waals surface area contributed by atoms with E-state index in [0.29, 0.717) is 5.03 Å². The molecule has 1 heterocycles. The molecule has 0 fully saturated rings. The molecule has 0 unspecified atom stereocenters. The van der Waals surface area contributed by atoms with Crippen molar-refractivity contribution in [2.45, 2.75) is 11.9 Å². The van der Waals surface area contributed by atoms with Gasteiger partial charge < -0.3 is 10.1 Å². The standard InChI is InChI=1S/C20H16F2N2O3S/c1-12-9-18(23-16-8-3-2-5-13(12)16)28-11-19(26)27-10-17(25)24-20-14(21)6-4-7-15(20)22/h2-9H,10-11H2,1H3,(H,24,25). The van der Waals surface area contributed by atoms with E-state index in [4.69, 9.17) is 4.74 Å². The predicted octanol–water partition coefficient (Wildman–Crippen LogP) is 4.10. The molecule has 5 nitrogen and oxygen atoms in total. The zero-order valence-corrected chi connectivity index (χ0v) is 15.7. The minimum atomic E-state index is -0.909. The second-order valence-electron chi connectivity index (χ2n) is 5.89. The number of para-hydroxylation sites is 2. The third-order valence-corrected chi connectivity index (χ3v) is 4.71. The number of benzene rings is 2. The molecule has 3 rings (SSSR count). The molecule has 0 radical (unpaired) electrons. The molecule has 1 N–H and O–H groups in total. The number of aromatic nitrogens is 1. The SMILES string of the molecule is Cc1cc(SCC(=O)OCC(=O)Nc2c(F)cccc2F)nc2ccccc12. The maximum atomic E-state index is 13.5. The van der Waals surface area contributed by atoms with Crippen molar-refractivity contribution in [2.75, 3.05) is 17.7 Å². The van der Waals surface area contributed by atoms with Gasteiger partial charge >= 0.3 is 5.97 Å². The number of amides is 1. The van der Waals surface area contributed by atoms with Gasteiger partial charge in [0.1, 0.15) is 17.3 Å². The number of halogens is 2. The van der Waals surface area contributed by atoms with Crippen LogP contribution in [0.4, 0.5) is 14.5 Å². The van der Waals surface area contributed by atoms with Crippen molar-refractivity contribution in [1.29, 1.82) is 0 Å². The van der Waals surface area contributed by atoms with Crippen molar-refractivity contribution in [3.8, 4) is 0 Å². The van der Waals surface area contributed by atoms with E-state index in [9.17, 15) is 18.4 Å². The number of hydrogen-bond donors (Lipinski definition) is 1. The number of rotatable bonds is 6. The van der Waals surface area contributed by atoms with Crippen molar-refractivity contribution >= 4 is 40.2 Å². The van der Waals surface area contributed by atoms with E-state index in [1.165, 1.54) is 17.8 Å². The monoisotopic (exact) mass is 402 g/mol. The van der Waals surface area contributed by atoms with Gasteiger partial charge in [-0.25, -0.2) is 13.8 Å². The summed E-state index contributed by atoms with van der Waals surface area (Å²) >= 11 is 1.18. The highest BCUT2D eigenvalue weighted by Crippen LogP contribution is 2.23. The van der Waals surface area contributed by atoms with E-state index in [-0.39, 0.29) is 5.75 Å². The highest BCUT2D eigenvalue weighted by molar-refractivity contribution is 7.99. The van der Waals surface area contributed by atoms with E-state index in [2.05, 4.69) is 4.98 Å². The van der Waals surface area contributed by atoms with Crippen LogP contribution in [-0.2, 0) is 14.3 Å². The molecule has 0 saturated carbocycles. The first kappa shape index (κ1) is 19.8. The summed E-state index contributed by atoms with van der Waals surface area (Å²) in [4.78, 5) is 28.1. The first-order valence-corrected chi connectivity index (χ1v) is 9.31. The first-order chi connectivity index (χ1) is 13.4. The minimum Gasteiger partial charge on any atom is -0.455 e. The van der Waals surface area contributed by atoms with Crippen LogP contribution in [0.3, 0.4) is 0 Å². The van der Waals surface area contributed by atoms with Crippen molar-refractivity contribution in [2.24, 2.45) is 0 Å². The summed E-state index contributed by atoms with van der Waals surface area (Å²) in [7, 11) is 0. The first-order valence-electron chi connectivity index (χ1n) is 8.32. The van der Waals surface area contributed by atoms with Crippen LogP contribution in [0, 0.1) is 18.6 Å². The lowest BCUT2D eigenvalue weighted by Gasteiger charge is -2.08. The molecule has 2 aromatic carbocycles. The summed E-state index contributed by atoms with van der Waals surface area (Å²) in [6, 6.07) is 12.7. The molecule has 0 spiro atoms. The number of anilines is 1. The van der Waals surface area contributed by atoms with Gasteiger partial charge in [-0.05, 0) is 36.8 Å². The quantitative estimate of drug-likeness (QED) is 0.497. The van der Waals surface area contributed by atoms with Crippen LogP contribution in [0.1, 0.15) is 5.56 Å². The Balaban J connectivity index is 1.51. The third kappa shape index (κ3) is 4.83. The summed E-state index contributed by atoms with van der Waals surface area (Å²) in [5.41, 5.74) is 1.28. The summed E-state index contributed by atoms with van der Waals surface area (Å²) in [6.07, 6.45) is 0. The molecule has 3 aromatic rings. The Kier molecular flexibility index (Phi) is 6.20. The predicted molar refractivity (Wildman–Crippen MR) is 103 cm³/mol. The van der Waals surface area contributed by atoms with E-state index < -0.39 is 35.8 Å². The molecular weight excluding hydrogens is 386 g/mol. The summed E-state index contributed by atoms with van der Waals surface area (Å²) in [5.74, 6) is -3.34. The Labute approximate surface area is 164 Å². The molecule has 0 aliphatic carbocycles. The van der Waals surface area contributed by atoms with Gasteiger partial charge in [-0.3, -0.25) is 9.59 Å². The van der Waals surface area contributed by atoms with E-state index >= 15 is 0 Å². The van der Waals surface area contributed by atoms with E-state index in [1.807, 2.05) is 42.6 Å². The lowest BCUT2D eigenvalue weighted by atomic mass is 10.1. The number of nitrogens with one attached hydrogen (secondary N) is 1. The second-order valence-corrected chi connectivity index (χ2v) is 6.88. The molecule has 1 aromatic heterocycles. The fraction of sp³-hybridized carbons (Fsp3) is 0.150. The number of thioether (sulfide) groups is 1. The van der Waals surface area contributed by atoms with Gasteiger partial charge in [0.25, 0.3) is 5.91 Å². The van der Waals surface area contributed by atoms with E-state index in [1.54, 1.807) is 0 Å². The number of hydrogen-bond acceptors (Lipinski definition) is 5. The zero-order valence-electron chi connectivity index (χ0n) is 14.9. The van der Waals surface area contributed by atoms with Gasteiger partial charge in [0.2, 0.25) is 0 Å². The molecule has 0 atom stereocenters. The topological polar surface area (TPSA) is 68.3 Å². The van der Waals surface area contributed by atoms with Crippen LogP contribution in [0.25, 0.3) is 10.9 Å². The number of esters is 1. The Hall–Kier alpha value is -3.00. The normalized spacial score (nSPS) is 10.7. The van der Waals surface area contributed by atoms with Gasteiger partial charge in [0, 0.05) is 5.39 Å². The van der Waals surface area contributed by atoms with Crippen molar-refractivity contribution in [3.05, 3.63) is 65.7 Å². The number of carbonyl (C=O) groups is 2. The van der Waals surface area contributed by atoms with Crippen molar-refractivity contribution in [1.82, 2.24) is 4.98 Å². The van der Waals surface area contributed by atoms with Gasteiger partial charge in [-0.15, -0.1) is 0 Å². The molecular formula is C20H16F2N2O3S. The summed E-state index contributed by atoms with van der Waals surface area (Å²) in [5, 5.41) is 3.74. The fourth-order valence-electron chi connectivity index (χ4n) is 2.51. The molecule has 0 aliphatic rings. The molecule has 28 heavy (non-hydrogen) atoms. The van der Waals surface area contributed by atoms with Crippen LogP contribution in [0.5, 0.6) is 0 Å². The minimum absolute atomic E-state index is 0.0495. The largest absolute Gasteiger partial charge is 0.455 e. The lowest BCUT2D eigenvalue weighted by Crippen LogP contribution is -2.22. The zero-order chi connectivity index (χ0) is 20.1. The number of nitrogens with zero attached hydrogens (tertiary/aromatic N) is 1. The van der Waals surface area contributed by atoms with Crippen LogP contribution in [-0.4, -0.2) is 29.2 Å². The maximum Gasteiger partial charge on any atom is 0.316 e. The van der Waals surface area contributed by atoms with Crippen molar-refractivity contribution < 1.29 is 23.1 Å². The number of ether oxygens (including phenoxy) is 1. The maximum absolute atomic E-state index is 13.5. The Bertz CT molecular complexity index is 1020. The Morgan fingerprint density at radius 2 is 1.82 bits per heavy atom. The van der Waals surface area contributed by atoms with Crippen LogP contribution in [0.15, 0.2) is 53.6 Å². The molecule has 0 bridgehead atoms. The lowest BCUT2D eigenvalue weighted by molar-refractivity contribution is -0.144. The van der Waals surface area contributed by atoms with Gasteiger partial charge in [-0.1, -0.05) is 36.0 Å². The van der Waals surface area contributed by atoms with Gasteiger partial charge in [0.05, 0.1) is 16.3 Å². The third-order valence-electron chi connectivity index (χ3n) is 3.83. The summed E-state index contributed by atoms with van der Waals surface area (Å²) in [6.45, 7) is 1.32. The van der Waals surface area contributed by atoms with Gasteiger partial charge in [0.15, 0.2) is 6.61 Å². The number of carbonyl (C=O) groups excluding carboxylic acids is 2. The average molecular weight is 402 g/mol. The van der Waals surface area contributed by atoms with Gasteiger partial charge in [-0.2, -0.15) is 0 Å². The van der Waals surface area contributed by atoms with Crippen LogP contribution >= 0.6 is 11.8 Å². The highest BCUT2D eigenvalue weighted by Gasteiger charge is 2.14. The fourth-order valence-corrected chi connectivity index (χ4v) is 3.28. The highest BCUT2D eigenvalue weighted by atomic mass is 32.2. The van der Waals surface area contributed by atoms with E-state index in [0.717, 1.165) is 28.6 Å². The Morgan fingerprint density at radius 1 is 1.11 bits per heavy atom. The Morgan fingerprint density at radius 3 is 2.57 bits per heavy atom. The molecule has 8 heteroatoms. The molecule has 0 saturated heterocycles. The number of aryl methyl sites for hydroxylation is 1. The number of pyridine rings is 1. The summed E-state index contributed by atoms with van der Waals surface area (Å²) < 4.78 is 31.8. The molecule has 0 aliphatic heterocycles. The smallest absolute Gasteiger partial charge is 0.316 e. The van der Waals surface area contributed by atoms with Crippen molar-refractivity contribution in [3.63, 3.8) is 0 Å². The molecule has 144 valence electrons. The second kappa shape index (κ2) is 8.79. The average Bonchev–Trinajstić information content (AvgIpc) is 2.68. The van der Waals surface area contributed by atoms with Crippen LogP contribution < -0.4 is 5.32 Å². The molecule has 1 amide bonds. The number of fused-ring (bicyclic) bond motifs is 1.